The van der Waals surface area contributed by atoms with Crippen LogP contribution in [0.4, 0.5) is 0 Å². The van der Waals surface area contributed by atoms with Crippen LogP contribution >= 0.6 is 11.6 Å². The number of rotatable bonds is 2. The molecule has 0 aromatic carbocycles. The first-order valence-electron chi connectivity index (χ1n) is 4.56. The molecule has 2 aromatic heterocycles. The first-order chi connectivity index (χ1) is 7.58. The van der Waals surface area contributed by atoms with Crippen LogP contribution in [0.25, 0.3) is 5.69 Å². The minimum Gasteiger partial charge on any atom is -0.364 e. The van der Waals surface area contributed by atoms with Gasteiger partial charge in [0, 0.05) is 18.5 Å². The molecule has 1 amide bonds. The first-order valence-corrected chi connectivity index (χ1v) is 4.93. The number of nitrogens with two attached hydrogens (primary N) is 1. The molecule has 16 heavy (non-hydrogen) atoms. The van der Waals surface area contributed by atoms with Crippen LogP contribution in [0, 0.1) is 6.92 Å². The molecule has 0 saturated carbocycles. The van der Waals surface area contributed by atoms with Gasteiger partial charge in [-0.3, -0.25) is 4.79 Å². The Morgan fingerprint density at radius 1 is 1.56 bits per heavy atom. The number of carbonyl (C=O) groups is 1. The van der Waals surface area contributed by atoms with E-state index in [0.717, 1.165) is 11.3 Å². The Bertz CT molecular complexity index is 550. The van der Waals surface area contributed by atoms with E-state index in [1.165, 1.54) is 0 Å². The van der Waals surface area contributed by atoms with E-state index in [9.17, 15) is 4.79 Å². The Labute approximate surface area is 96.8 Å². The second-order valence-corrected chi connectivity index (χ2v) is 3.69. The van der Waals surface area contributed by atoms with Crippen LogP contribution in [-0.2, 0) is 0 Å². The molecule has 6 heteroatoms. The molecular weight excluding hydrogens is 228 g/mol. The van der Waals surface area contributed by atoms with Gasteiger partial charge in [0.2, 0.25) is 0 Å². The summed E-state index contributed by atoms with van der Waals surface area (Å²) in [7, 11) is 0. The van der Waals surface area contributed by atoms with Crippen molar-refractivity contribution in [1.29, 1.82) is 0 Å². The maximum atomic E-state index is 10.9. The van der Waals surface area contributed by atoms with Gasteiger partial charge in [-0.25, -0.2) is 9.67 Å². The number of aryl methyl sites for hydroxylation is 1. The molecule has 0 spiro atoms. The minimum atomic E-state index is -0.559. The molecule has 0 atom stereocenters. The molecule has 0 fully saturated rings. The van der Waals surface area contributed by atoms with Gasteiger partial charge in [0.15, 0.2) is 0 Å². The predicted molar refractivity (Wildman–Crippen MR) is 59.6 cm³/mol. The van der Waals surface area contributed by atoms with E-state index < -0.39 is 5.91 Å². The van der Waals surface area contributed by atoms with Gasteiger partial charge >= 0.3 is 0 Å². The fraction of sp³-hybridized carbons (Fsp3) is 0.100. The lowest BCUT2D eigenvalue weighted by Crippen LogP contribution is -2.12. The molecule has 0 radical (unpaired) electrons. The van der Waals surface area contributed by atoms with Crippen molar-refractivity contribution >= 4 is 17.5 Å². The lowest BCUT2D eigenvalue weighted by atomic mass is 10.3. The summed E-state index contributed by atoms with van der Waals surface area (Å²) in [5.74, 6) is -0.559. The van der Waals surface area contributed by atoms with Crippen molar-refractivity contribution in [3.05, 3.63) is 40.9 Å². The summed E-state index contributed by atoms with van der Waals surface area (Å²) in [4.78, 5) is 14.8. The summed E-state index contributed by atoms with van der Waals surface area (Å²) in [6.45, 7) is 1.88. The Morgan fingerprint density at radius 2 is 2.31 bits per heavy atom. The smallest absolute Gasteiger partial charge is 0.269 e. The van der Waals surface area contributed by atoms with Crippen molar-refractivity contribution in [2.75, 3.05) is 0 Å². The average molecular weight is 237 g/mol. The molecular formula is C10H9ClN4O. The number of nitrogens with zero attached hydrogens (tertiary/aromatic N) is 3. The van der Waals surface area contributed by atoms with E-state index in [0.29, 0.717) is 5.15 Å². The fourth-order valence-electron chi connectivity index (χ4n) is 1.32. The normalized spacial score (nSPS) is 10.4. The monoisotopic (exact) mass is 236 g/mol. The van der Waals surface area contributed by atoms with Gasteiger partial charge in [-0.1, -0.05) is 11.6 Å². The number of hydrogen-bond donors (Lipinski definition) is 1. The van der Waals surface area contributed by atoms with Crippen LogP contribution in [0.15, 0.2) is 24.5 Å². The number of pyridine rings is 1. The SMILES string of the molecule is Cc1cnc(Cl)cc1-n1ccc(C(N)=O)n1. The number of aromatic nitrogens is 3. The second kappa shape index (κ2) is 3.94. The molecule has 0 unspecified atom stereocenters. The number of halogens is 1. The largest absolute Gasteiger partial charge is 0.364 e. The topological polar surface area (TPSA) is 73.8 Å². The molecule has 2 N–H and O–H groups in total. The standard InChI is InChI=1S/C10H9ClN4O/c1-6-5-13-9(11)4-8(6)15-3-2-7(14-15)10(12)16/h2-5H,1H3,(H2,12,16). The lowest BCUT2D eigenvalue weighted by Gasteiger charge is -2.05. The Morgan fingerprint density at radius 3 is 2.94 bits per heavy atom. The highest BCUT2D eigenvalue weighted by atomic mass is 35.5. The minimum absolute atomic E-state index is 0.215. The molecule has 5 nitrogen and oxygen atoms in total. The quantitative estimate of drug-likeness (QED) is 0.800. The maximum Gasteiger partial charge on any atom is 0.269 e. The van der Waals surface area contributed by atoms with Crippen molar-refractivity contribution in [2.24, 2.45) is 5.73 Å². The van der Waals surface area contributed by atoms with Gasteiger partial charge in [0.1, 0.15) is 10.8 Å². The van der Waals surface area contributed by atoms with E-state index >= 15 is 0 Å². The van der Waals surface area contributed by atoms with E-state index in [1.54, 1.807) is 29.2 Å². The van der Waals surface area contributed by atoms with Gasteiger partial charge in [-0.2, -0.15) is 5.10 Å². The van der Waals surface area contributed by atoms with Crippen molar-refractivity contribution in [1.82, 2.24) is 14.8 Å². The van der Waals surface area contributed by atoms with Crippen molar-refractivity contribution in [3.63, 3.8) is 0 Å². The van der Waals surface area contributed by atoms with E-state index in [-0.39, 0.29) is 5.69 Å². The van der Waals surface area contributed by atoms with Gasteiger partial charge in [0.05, 0.1) is 5.69 Å². The Kier molecular flexibility index (Phi) is 2.62. The van der Waals surface area contributed by atoms with E-state index in [1.807, 2.05) is 6.92 Å². The molecule has 0 aliphatic carbocycles. The highest BCUT2D eigenvalue weighted by Gasteiger charge is 2.08. The second-order valence-electron chi connectivity index (χ2n) is 3.30. The van der Waals surface area contributed by atoms with Crippen molar-refractivity contribution in [3.8, 4) is 5.69 Å². The zero-order valence-electron chi connectivity index (χ0n) is 8.51. The van der Waals surface area contributed by atoms with Gasteiger partial charge < -0.3 is 5.73 Å². The Balaban J connectivity index is 2.50. The van der Waals surface area contributed by atoms with Crippen LogP contribution in [0.3, 0.4) is 0 Å². The molecule has 82 valence electrons. The zero-order chi connectivity index (χ0) is 11.7. The average Bonchev–Trinajstić information content (AvgIpc) is 2.70. The summed E-state index contributed by atoms with van der Waals surface area (Å²) in [5.41, 5.74) is 7.01. The van der Waals surface area contributed by atoms with Gasteiger partial charge in [0.25, 0.3) is 5.91 Å². The van der Waals surface area contributed by atoms with Crippen LogP contribution < -0.4 is 5.73 Å². The number of hydrogen-bond acceptors (Lipinski definition) is 3. The van der Waals surface area contributed by atoms with Crippen molar-refractivity contribution < 1.29 is 4.79 Å². The van der Waals surface area contributed by atoms with Crippen molar-refractivity contribution in [2.45, 2.75) is 6.92 Å². The number of amides is 1. The molecule has 2 aromatic rings. The molecule has 0 bridgehead atoms. The molecule has 2 rings (SSSR count). The molecule has 0 aliphatic heterocycles. The van der Waals surface area contributed by atoms with Crippen LogP contribution in [0.2, 0.25) is 5.15 Å². The predicted octanol–water partition coefficient (Wildman–Crippen LogP) is 1.33. The third kappa shape index (κ3) is 1.90. The van der Waals surface area contributed by atoms with Crippen LogP contribution in [-0.4, -0.2) is 20.7 Å². The fourth-order valence-corrected chi connectivity index (χ4v) is 1.48. The summed E-state index contributed by atoms with van der Waals surface area (Å²) >= 11 is 5.79. The maximum absolute atomic E-state index is 10.9. The molecule has 2 heterocycles. The van der Waals surface area contributed by atoms with Gasteiger partial charge in [-0.05, 0) is 18.6 Å². The number of primary amides is 1. The summed E-state index contributed by atoms with van der Waals surface area (Å²) in [6, 6.07) is 3.23. The third-order valence-corrected chi connectivity index (χ3v) is 2.34. The zero-order valence-corrected chi connectivity index (χ0v) is 9.27. The van der Waals surface area contributed by atoms with E-state index in [2.05, 4.69) is 10.1 Å². The van der Waals surface area contributed by atoms with Crippen LogP contribution in [0.5, 0.6) is 0 Å². The summed E-state index contributed by atoms with van der Waals surface area (Å²) in [5, 5.41) is 4.41. The van der Waals surface area contributed by atoms with Crippen LogP contribution in [0.1, 0.15) is 16.1 Å². The van der Waals surface area contributed by atoms with E-state index in [4.69, 9.17) is 17.3 Å². The third-order valence-electron chi connectivity index (χ3n) is 2.13. The van der Waals surface area contributed by atoms with Gasteiger partial charge in [-0.15, -0.1) is 0 Å². The Hall–Kier alpha value is -1.88. The molecule has 0 aliphatic rings. The highest BCUT2D eigenvalue weighted by molar-refractivity contribution is 6.29. The summed E-state index contributed by atoms with van der Waals surface area (Å²) < 4.78 is 1.54. The first kappa shape index (κ1) is 10.6. The lowest BCUT2D eigenvalue weighted by molar-refractivity contribution is 0.0995. The number of carbonyl (C=O) groups excluding carboxylic acids is 1. The molecule has 0 saturated heterocycles. The highest BCUT2D eigenvalue weighted by Crippen LogP contribution is 2.16. The summed E-state index contributed by atoms with van der Waals surface area (Å²) in [6.07, 6.45) is 3.29.